The highest BCUT2D eigenvalue weighted by Gasteiger charge is 2.35. The van der Waals surface area contributed by atoms with Crippen molar-refractivity contribution in [3.8, 4) is 17.2 Å². The lowest BCUT2D eigenvalue weighted by Gasteiger charge is -2.20. The summed E-state index contributed by atoms with van der Waals surface area (Å²) in [7, 11) is 1.60. The van der Waals surface area contributed by atoms with Gasteiger partial charge in [-0.1, -0.05) is 6.07 Å². The molecule has 35 heavy (non-hydrogen) atoms. The molecule has 3 aromatic rings. The molecule has 9 heteroatoms. The third-order valence-electron chi connectivity index (χ3n) is 5.77. The molecule has 3 heterocycles. The molecule has 0 unspecified atom stereocenters. The van der Waals surface area contributed by atoms with Crippen LogP contribution in [0.3, 0.4) is 0 Å². The Hall–Kier alpha value is -4.27. The van der Waals surface area contributed by atoms with Crippen LogP contribution in [-0.2, 0) is 20.7 Å². The van der Waals surface area contributed by atoms with Gasteiger partial charge in [0.05, 0.1) is 25.5 Å². The molecule has 5 rings (SSSR count). The van der Waals surface area contributed by atoms with Crippen LogP contribution >= 0.6 is 0 Å². The van der Waals surface area contributed by atoms with Crippen molar-refractivity contribution in [3.63, 3.8) is 0 Å². The number of furan rings is 1. The predicted molar refractivity (Wildman–Crippen MR) is 125 cm³/mol. The quantitative estimate of drug-likeness (QED) is 0.481. The van der Waals surface area contributed by atoms with Crippen LogP contribution in [-0.4, -0.2) is 49.5 Å². The summed E-state index contributed by atoms with van der Waals surface area (Å²) in [4.78, 5) is 25.4. The Labute approximate surface area is 201 Å². The molecule has 2 aromatic carbocycles. The van der Waals surface area contributed by atoms with E-state index in [2.05, 4.69) is 5.10 Å². The molecule has 0 radical (unpaired) electrons. The zero-order valence-electron chi connectivity index (χ0n) is 19.1. The topological polar surface area (TPSA) is 99.8 Å². The Morgan fingerprint density at radius 1 is 1.06 bits per heavy atom. The average Bonchev–Trinajstić information content (AvgIpc) is 3.58. The Kier molecular flexibility index (Phi) is 6.38. The first-order valence-corrected chi connectivity index (χ1v) is 11.2. The van der Waals surface area contributed by atoms with Crippen LogP contribution in [0.2, 0.25) is 0 Å². The number of methoxy groups -OCH3 is 1. The van der Waals surface area contributed by atoms with Gasteiger partial charge in [0.15, 0.2) is 18.1 Å². The number of hydrogen-bond donors (Lipinski definition) is 0. The second-order valence-corrected chi connectivity index (χ2v) is 8.06. The fourth-order valence-electron chi connectivity index (χ4n) is 4.02. The predicted octanol–water partition coefficient (Wildman–Crippen LogP) is 3.52. The lowest BCUT2D eigenvalue weighted by atomic mass is 10.0. The maximum atomic E-state index is 13.0. The summed E-state index contributed by atoms with van der Waals surface area (Å²) in [6.45, 7) is 0.524. The number of esters is 1. The molecular weight excluding hydrogens is 452 g/mol. The van der Waals surface area contributed by atoms with Crippen LogP contribution in [0, 0.1) is 0 Å². The first-order valence-electron chi connectivity index (χ1n) is 11.2. The number of ether oxygens (including phenoxy) is 4. The number of fused-ring (bicyclic) bond motifs is 1. The molecule has 9 nitrogen and oxygen atoms in total. The fourth-order valence-corrected chi connectivity index (χ4v) is 4.02. The van der Waals surface area contributed by atoms with Crippen molar-refractivity contribution in [1.82, 2.24) is 5.01 Å². The summed E-state index contributed by atoms with van der Waals surface area (Å²) in [6.07, 6.45) is 2.03. The highest BCUT2D eigenvalue weighted by molar-refractivity contribution is 6.03. The van der Waals surface area contributed by atoms with Gasteiger partial charge >= 0.3 is 5.97 Å². The minimum atomic E-state index is -0.525. The van der Waals surface area contributed by atoms with Gasteiger partial charge in [-0.15, -0.1) is 0 Å². The molecule has 180 valence electrons. The summed E-state index contributed by atoms with van der Waals surface area (Å²) < 4.78 is 27.1. The fraction of sp³-hybridized carbons (Fsp3) is 0.269. The number of nitrogens with zero attached hydrogens (tertiary/aromatic N) is 2. The number of hydrazone groups is 1. The summed E-state index contributed by atoms with van der Waals surface area (Å²) in [5.41, 5.74) is 2.31. The third-order valence-corrected chi connectivity index (χ3v) is 5.77. The Morgan fingerprint density at radius 3 is 2.60 bits per heavy atom. The van der Waals surface area contributed by atoms with Gasteiger partial charge in [0, 0.05) is 6.42 Å². The summed E-state index contributed by atoms with van der Waals surface area (Å²) in [5, 5.41) is 5.87. The molecule has 0 saturated carbocycles. The first-order chi connectivity index (χ1) is 17.1. The maximum absolute atomic E-state index is 13.0. The van der Waals surface area contributed by atoms with Gasteiger partial charge in [0.2, 0.25) is 0 Å². The van der Waals surface area contributed by atoms with Crippen molar-refractivity contribution in [2.75, 3.05) is 26.9 Å². The number of benzene rings is 2. The number of carbonyl (C=O) groups is 2. The van der Waals surface area contributed by atoms with Gasteiger partial charge in [-0.3, -0.25) is 9.59 Å². The first kappa shape index (κ1) is 22.5. The van der Waals surface area contributed by atoms with Crippen LogP contribution < -0.4 is 14.2 Å². The highest BCUT2D eigenvalue weighted by Crippen LogP contribution is 2.34. The van der Waals surface area contributed by atoms with E-state index in [1.807, 2.05) is 24.3 Å². The Balaban J connectivity index is 1.25. The molecule has 0 bridgehead atoms. The number of carbonyl (C=O) groups excluding carboxylic acids is 2. The Bertz CT molecular complexity index is 1240. The van der Waals surface area contributed by atoms with Gasteiger partial charge in [-0.25, -0.2) is 5.01 Å². The zero-order chi connectivity index (χ0) is 24.2. The van der Waals surface area contributed by atoms with Crippen molar-refractivity contribution in [3.05, 3.63) is 77.7 Å². The van der Waals surface area contributed by atoms with Crippen molar-refractivity contribution in [1.29, 1.82) is 0 Å². The smallest absolute Gasteiger partial charge is 0.310 e. The largest absolute Gasteiger partial charge is 0.497 e. The molecule has 2 aliphatic rings. The summed E-state index contributed by atoms with van der Waals surface area (Å²) in [6, 6.07) is 15.9. The van der Waals surface area contributed by atoms with Gasteiger partial charge < -0.3 is 23.4 Å². The SMILES string of the molecule is COc1ccc(C2=NN(C(=O)COC(=O)Cc3ccc4c(c3)OCCO4)[C@@H](c3ccco3)C2)cc1. The van der Waals surface area contributed by atoms with Crippen molar-refractivity contribution in [2.45, 2.75) is 18.9 Å². The second-order valence-electron chi connectivity index (χ2n) is 8.06. The molecule has 0 spiro atoms. The number of hydrogen-bond acceptors (Lipinski definition) is 8. The molecule has 0 saturated heterocycles. The third kappa shape index (κ3) is 4.98. The van der Waals surface area contributed by atoms with Gasteiger partial charge in [-0.05, 0) is 59.7 Å². The van der Waals surface area contributed by atoms with Crippen molar-refractivity contribution in [2.24, 2.45) is 5.10 Å². The monoisotopic (exact) mass is 476 g/mol. The normalized spacial score (nSPS) is 16.5. The standard InChI is InChI=1S/C26H24N2O7/c1-31-19-7-5-18(6-8-19)20-15-21(22-3-2-10-32-22)28(27-20)25(29)16-35-26(30)14-17-4-9-23-24(13-17)34-12-11-33-23/h2-10,13,21H,11-12,14-16H2,1H3/t21-/m1/s1. The lowest BCUT2D eigenvalue weighted by Crippen LogP contribution is -2.31. The summed E-state index contributed by atoms with van der Waals surface area (Å²) >= 11 is 0. The van der Waals surface area contributed by atoms with Gasteiger partial charge in [0.1, 0.15) is 30.8 Å². The zero-order valence-corrected chi connectivity index (χ0v) is 19.1. The number of amides is 1. The minimum absolute atomic E-state index is 0.00585. The highest BCUT2D eigenvalue weighted by atomic mass is 16.6. The van der Waals surface area contributed by atoms with E-state index in [9.17, 15) is 9.59 Å². The lowest BCUT2D eigenvalue weighted by molar-refractivity contribution is -0.152. The molecular formula is C26H24N2O7. The molecule has 0 N–H and O–H groups in total. The molecule has 2 aliphatic heterocycles. The van der Waals surface area contributed by atoms with E-state index in [4.69, 9.17) is 23.4 Å². The van der Waals surface area contributed by atoms with Gasteiger partial charge in [0.25, 0.3) is 5.91 Å². The molecule has 0 fully saturated rings. The van der Waals surface area contributed by atoms with Crippen molar-refractivity contribution >= 4 is 17.6 Å². The molecule has 1 aromatic heterocycles. The van der Waals surface area contributed by atoms with Crippen LogP contribution in [0.4, 0.5) is 0 Å². The van der Waals surface area contributed by atoms with E-state index < -0.39 is 24.5 Å². The number of rotatable bonds is 7. The summed E-state index contributed by atoms with van der Waals surface area (Å²) in [5.74, 6) is 1.61. The van der Waals surface area contributed by atoms with Crippen LogP contribution in [0.15, 0.2) is 70.4 Å². The molecule has 1 atom stereocenters. The maximum Gasteiger partial charge on any atom is 0.310 e. The second kappa shape index (κ2) is 9.92. The van der Waals surface area contributed by atoms with Crippen LogP contribution in [0.1, 0.15) is 29.3 Å². The van der Waals surface area contributed by atoms with E-state index in [1.165, 1.54) is 5.01 Å². The van der Waals surface area contributed by atoms with E-state index in [0.29, 0.717) is 42.5 Å². The van der Waals surface area contributed by atoms with Gasteiger partial charge in [-0.2, -0.15) is 5.10 Å². The van der Waals surface area contributed by atoms with E-state index in [1.54, 1.807) is 43.7 Å². The molecule has 0 aliphatic carbocycles. The molecule has 1 amide bonds. The van der Waals surface area contributed by atoms with E-state index >= 15 is 0 Å². The van der Waals surface area contributed by atoms with Crippen LogP contribution in [0.25, 0.3) is 0 Å². The van der Waals surface area contributed by atoms with E-state index in [0.717, 1.165) is 17.0 Å². The Morgan fingerprint density at radius 2 is 1.86 bits per heavy atom. The van der Waals surface area contributed by atoms with E-state index in [-0.39, 0.29) is 6.42 Å². The van der Waals surface area contributed by atoms with Crippen molar-refractivity contribution < 1.29 is 33.0 Å². The average molecular weight is 476 g/mol. The van der Waals surface area contributed by atoms with Crippen LogP contribution in [0.5, 0.6) is 17.2 Å². The minimum Gasteiger partial charge on any atom is -0.497 e.